The smallest absolute Gasteiger partial charge is 0.234 e. The van der Waals surface area contributed by atoms with Crippen molar-refractivity contribution in [1.29, 1.82) is 0 Å². The van der Waals surface area contributed by atoms with Crippen molar-refractivity contribution in [2.24, 2.45) is 0 Å². The van der Waals surface area contributed by atoms with Gasteiger partial charge in [0.05, 0.1) is 5.75 Å². The Morgan fingerprint density at radius 2 is 1.93 bits per heavy atom. The minimum absolute atomic E-state index is 0.0914. The lowest BCUT2D eigenvalue weighted by atomic mass is 10.2. The van der Waals surface area contributed by atoms with E-state index in [0.717, 1.165) is 22.6 Å². The molecule has 0 unspecified atom stereocenters. The highest BCUT2D eigenvalue weighted by atomic mass is 32.2. The standard InChI is InChI=1S/C22H24N4O2S/c1-4-11-26-20(14-28-19-10-6-8-17(3)13-19)24-25-22(26)29-15-21(27)23-18-9-5-7-16(2)12-18/h4-10,12-13H,1,11,14-15H2,2-3H3,(H,23,27). The second-order valence-corrected chi connectivity index (χ2v) is 7.55. The summed E-state index contributed by atoms with van der Waals surface area (Å²) >= 11 is 1.34. The van der Waals surface area contributed by atoms with Gasteiger partial charge in [0.15, 0.2) is 11.0 Å². The van der Waals surface area contributed by atoms with Gasteiger partial charge in [-0.3, -0.25) is 9.36 Å². The van der Waals surface area contributed by atoms with Gasteiger partial charge in [-0.15, -0.1) is 16.8 Å². The molecule has 0 saturated heterocycles. The Morgan fingerprint density at radius 3 is 2.66 bits per heavy atom. The van der Waals surface area contributed by atoms with E-state index < -0.39 is 0 Å². The van der Waals surface area contributed by atoms with E-state index >= 15 is 0 Å². The number of aryl methyl sites for hydroxylation is 2. The van der Waals surface area contributed by atoms with Crippen molar-refractivity contribution >= 4 is 23.4 Å². The Labute approximate surface area is 175 Å². The summed E-state index contributed by atoms with van der Waals surface area (Å²) in [5.74, 6) is 1.62. The number of thioether (sulfide) groups is 1. The van der Waals surface area contributed by atoms with Gasteiger partial charge < -0.3 is 10.1 Å². The molecule has 1 amide bonds. The fourth-order valence-electron chi connectivity index (χ4n) is 2.75. The monoisotopic (exact) mass is 408 g/mol. The first-order valence-electron chi connectivity index (χ1n) is 9.27. The maximum absolute atomic E-state index is 12.3. The van der Waals surface area contributed by atoms with Gasteiger partial charge >= 0.3 is 0 Å². The molecule has 6 nitrogen and oxygen atoms in total. The third kappa shape index (κ3) is 5.96. The van der Waals surface area contributed by atoms with Gasteiger partial charge in [-0.1, -0.05) is 42.1 Å². The summed E-state index contributed by atoms with van der Waals surface area (Å²) in [6, 6.07) is 15.6. The molecule has 0 aliphatic carbocycles. The van der Waals surface area contributed by atoms with E-state index in [1.807, 2.05) is 66.9 Å². The first kappa shape index (κ1) is 20.7. The first-order valence-corrected chi connectivity index (χ1v) is 10.3. The van der Waals surface area contributed by atoms with Crippen molar-refractivity contribution in [3.05, 3.63) is 78.1 Å². The van der Waals surface area contributed by atoms with E-state index in [4.69, 9.17) is 4.74 Å². The van der Waals surface area contributed by atoms with Gasteiger partial charge in [0.2, 0.25) is 5.91 Å². The van der Waals surface area contributed by atoms with Crippen LogP contribution in [0.4, 0.5) is 5.69 Å². The third-order valence-electron chi connectivity index (χ3n) is 4.10. The number of benzene rings is 2. The molecule has 0 bridgehead atoms. The highest BCUT2D eigenvalue weighted by Gasteiger charge is 2.14. The van der Waals surface area contributed by atoms with Crippen LogP contribution in [0.1, 0.15) is 17.0 Å². The summed E-state index contributed by atoms with van der Waals surface area (Å²) in [6.45, 7) is 8.64. The summed E-state index contributed by atoms with van der Waals surface area (Å²) in [7, 11) is 0. The van der Waals surface area contributed by atoms with E-state index in [2.05, 4.69) is 22.1 Å². The van der Waals surface area contributed by atoms with Crippen molar-refractivity contribution in [3.8, 4) is 5.75 Å². The van der Waals surface area contributed by atoms with Crippen LogP contribution in [-0.4, -0.2) is 26.4 Å². The fourth-order valence-corrected chi connectivity index (χ4v) is 3.51. The number of amides is 1. The molecule has 2 aromatic carbocycles. The quantitative estimate of drug-likeness (QED) is 0.420. The second-order valence-electron chi connectivity index (χ2n) is 6.61. The lowest BCUT2D eigenvalue weighted by Crippen LogP contribution is -2.15. The van der Waals surface area contributed by atoms with Crippen LogP contribution in [0.15, 0.2) is 66.3 Å². The van der Waals surface area contributed by atoms with E-state index in [9.17, 15) is 4.79 Å². The van der Waals surface area contributed by atoms with Crippen LogP contribution < -0.4 is 10.1 Å². The highest BCUT2D eigenvalue weighted by Crippen LogP contribution is 2.20. The van der Waals surface area contributed by atoms with Crippen LogP contribution >= 0.6 is 11.8 Å². The van der Waals surface area contributed by atoms with Crippen molar-refractivity contribution in [3.63, 3.8) is 0 Å². The zero-order valence-corrected chi connectivity index (χ0v) is 17.4. The van der Waals surface area contributed by atoms with Gasteiger partial charge in [-0.05, 0) is 49.2 Å². The average Bonchev–Trinajstić information content (AvgIpc) is 3.07. The number of rotatable bonds is 9. The number of aromatic nitrogens is 3. The summed E-state index contributed by atoms with van der Waals surface area (Å²) in [5, 5.41) is 12.0. The Morgan fingerprint density at radius 1 is 1.17 bits per heavy atom. The summed E-state index contributed by atoms with van der Waals surface area (Å²) < 4.78 is 7.75. The number of anilines is 1. The maximum atomic E-state index is 12.3. The molecular formula is C22H24N4O2S. The second kappa shape index (κ2) is 9.93. The van der Waals surface area contributed by atoms with Crippen molar-refractivity contribution in [1.82, 2.24) is 14.8 Å². The minimum Gasteiger partial charge on any atom is -0.486 e. The van der Waals surface area contributed by atoms with Crippen LogP contribution in [0.3, 0.4) is 0 Å². The van der Waals surface area contributed by atoms with Gasteiger partial charge in [0, 0.05) is 12.2 Å². The first-order chi connectivity index (χ1) is 14.0. The molecule has 0 atom stereocenters. The highest BCUT2D eigenvalue weighted by molar-refractivity contribution is 7.99. The van der Waals surface area contributed by atoms with Gasteiger partial charge in [0.25, 0.3) is 0 Å². The molecule has 0 spiro atoms. The lowest BCUT2D eigenvalue weighted by molar-refractivity contribution is -0.113. The summed E-state index contributed by atoms with van der Waals surface area (Å²) in [5.41, 5.74) is 3.01. The summed E-state index contributed by atoms with van der Waals surface area (Å²) in [4.78, 5) is 12.3. The average molecular weight is 409 g/mol. The molecule has 150 valence electrons. The van der Waals surface area contributed by atoms with Gasteiger partial charge in [-0.25, -0.2) is 0 Å². The van der Waals surface area contributed by atoms with E-state index in [0.29, 0.717) is 24.1 Å². The van der Waals surface area contributed by atoms with Crippen LogP contribution in [0, 0.1) is 13.8 Å². The van der Waals surface area contributed by atoms with Crippen molar-refractivity contribution in [2.75, 3.05) is 11.1 Å². The molecule has 0 aliphatic heterocycles. The molecule has 29 heavy (non-hydrogen) atoms. The van der Waals surface area contributed by atoms with Crippen LogP contribution in [0.25, 0.3) is 0 Å². The Hall–Kier alpha value is -3.06. The largest absolute Gasteiger partial charge is 0.486 e. The van der Waals surface area contributed by atoms with E-state index in [-0.39, 0.29) is 11.7 Å². The zero-order valence-electron chi connectivity index (χ0n) is 16.6. The minimum atomic E-state index is -0.0914. The predicted molar refractivity (Wildman–Crippen MR) is 116 cm³/mol. The Balaban J connectivity index is 1.61. The van der Waals surface area contributed by atoms with Crippen LogP contribution in [-0.2, 0) is 17.9 Å². The number of carbonyl (C=O) groups excluding carboxylic acids is 1. The molecule has 7 heteroatoms. The zero-order chi connectivity index (χ0) is 20.6. The maximum Gasteiger partial charge on any atom is 0.234 e. The SMILES string of the molecule is C=CCn1c(COc2cccc(C)c2)nnc1SCC(=O)Nc1cccc(C)c1. The molecule has 1 aromatic heterocycles. The molecule has 3 rings (SSSR count). The van der Waals surface area contributed by atoms with Crippen LogP contribution in [0.5, 0.6) is 5.75 Å². The lowest BCUT2D eigenvalue weighted by Gasteiger charge is -2.10. The molecule has 3 aromatic rings. The third-order valence-corrected chi connectivity index (χ3v) is 5.06. The number of carbonyl (C=O) groups is 1. The Bertz CT molecular complexity index is 1000. The van der Waals surface area contributed by atoms with E-state index in [1.54, 1.807) is 6.08 Å². The van der Waals surface area contributed by atoms with E-state index in [1.165, 1.54) is 11.8 Å². The number of ether oxygens (including phenoxy) is 1. The molecule has 0 fully saturated rings. The number of allylic oxidation sites excluding steroid dienone is 1. The molecule has 0 saturated carbocycles. The number of hydrogen-bond acceptors (Lipinski definition) is 5. The summed E-state index contributed by atoms with van der Waals surface area (Å²) in [6.07, 6.45) is 1.77. The molecule has 0 radical (unpaired) electrons. The number of hydrogen-bond donors (Lipinski definition) is 1. The molecule has 1 N–H and O–H groups in total. The molecule has 0 aliphatic rings. The molecule has 1 heterocycles. The van der Waals surface area contributed by atoms with Gasteiger partial charge in [-0.2, -0.15) is 0 Å². The molecular weight excluding hydrogens is 384 g/mol. The number of nitrogens with one attached hydrogen (secondary N) is 1. The van der Waals surface area contributed by atoms with Gasteiger partial charge in [0.1, 0.15) is 12.4 Å². The Kier molecular flexibility index (Phi) is 7.08. The fraction of sp³-hybridized carbons (Fsp3) is 0.227. The van der Waals surface area contributed by atoms with Crippen molar-refractivity contribution < 1.29 is 9.53 Å². The topological polar surface area (TPSA) is 69.0 Å². The van der Waals surface area contributed by atoms with Crippen molar-refractivity contribution in [2.45, 2.75) is 32.2 Å². The van der Waals surface area contributed by atoms with Crippen LogP contribution in [0.2, 0.25) is 0 Å². The predicted octanol–water partition coefficient (Wildman–Crippen LogP) is 4.39. The normalized spacial score (nSPS) is 10.6. The number of nitrogens with zero attached hydrogens (tertiary/aromatic N) is 3.